The number of likely N-dealkylation sites (N-methyl/N-ethyl adjacent to an activating group) is 1. The predicted molar refractivity (Wildman–Crippen MR) is 105 cm³/mol. The maximum Gasteiger partial charge on any atom is 0.165 e. The van der Waals surface area contributed by atoms with Crippen LogP contribution in [0.15, 0.2) is 24.3 Å². The van der Waals surface area contributed by atoms with E-state index >= 15 is 0 Å². The first-order valence-corrected chi connectivity index (χ1v) is 8.69. The minimum Gasteiger partial charge on any atom is -0.490 e. The SMILES string of the molecule is CCOc1ccc2c3c1O[C@H]1[C@@H](O)C=C[C@H]4[C@@H](C2)N(C)CC[C@@]341.Cl.Cl.O. The van der Waals surface area contributed by atoms with E-state index in [1.54, 1.807) is 0 Å². The van der Waals surface area contributed by atoms with Gasteiger partial charge in [0.15, 0.2) is 11.5 Å². The van der Waals surface area contributed by atoms with Gasteiger partial charge in [-0.25, -0.2) is 0 Å². The molecule has 26 heavy (non-hydrogen) atoms. The normalized spacial score (nSPS) is 35.2. The van der Waals surface area contributed by atoms with Crippen LogP contribution in [0.2, 0.25) is 0 Å². The molecule has 0 saturated carbocycles. The topological polar surface area (TPSA) is 73.4 Å². The van der Waals surface area contributed by atoms with Crippen molar-refractivity contribution in [3.05, 3.63) is 35.4 Å². The lowest BCUT2D eigenvalue weighted by Crippen LogP contribution is -2.64. The average Bonchev–Trinajstić information content (AvgIpc) is 2.90. The third-order valence-corrected chi connectivity index (χ3v) is 6.43. The van der Waals surface area contributed by atoms with Crippen LogP contribution in [0.5, 0.6) is 11.5 Å². The summed E-state index contributed by atoms with van der Waals surface area (Å²) < 4.78 is 12.2. The Kier molecular flexibility index (Phi) is 5.91. The molecule has 1 fully saturated rings. The number of rotatable bonds is 2. The van der Waals surface area contributed by atoms with E-state index in [-0.39, 0.29) is 41.8 Å². The van der Waals surface area contributed by atoms with E-state index in [4.69, 9.17) is 9.47 Å². The van der Waals surface area contributed by atoms with Crippen molar-refractivity contribution in [2.45, 2.75) is 43.4 Å². The van der Waals surface area contributed by atoms with Gasteiger partial charge in [-0.15, -0.1) is 24.8 Å². The first-order valence-electron chi connectivity index (χ1n) is 8.69. The number of hydrogen-bond donors (Lipinski definition) is 1. The zero-order valence-electron chi connectivity index (χ0n) is 15.0. The van der Waals surface area contributed by atoms with E-state index in [2.05, 4.69) is 24.1 Å². The van der Waals surface area contributed by atoms with E-state index in [0.29, 0.717) is 18.6 Å². The summed E-state index contributed by atoms with van der Waals surface area (Å²) in [6.45, 7) is 3.68. The van der Waals surface area contributed by atoms with E-state index in [1.165, 1.54) is 11.1 Å². The molecule has 1 saturated heterocycles. The van der Waals surface area contributed by atoms with Crippen LogP contribution < -0.4 is 9.47 Å². The Morgan fingerprint density at radius 3 is 2.81 bits per heavy atom. The molecule has 2 heterocycles. The van der Waals surface area contributed by atoms with Gasteiger partial charge in [0.25, 0.3) is 0 Å². The molecule has 0 radical (unpaired) electrons. The van der Waals surface area contributed by atoms with Crippen molar-refractivity contribution in [3.8, 4) is 11.5 Å². The van der Waals surface area contributed by atoms with Gasteiger partial charge in [-0.05, 0) is 45.0 Å². The molecule has 1 spiro atoms. The summed E-state index contributed by atoms with van der Waals surface area (Å²) in [5.41, 5.74) is 2.62. The van der Waals surface area contributed by atoms with Crippen LogP contribution in [0.3, 0.4) is 0 Å². The molecule has 3 N–H and O–H groups in total. The number of ether oxygens (including phenoxy) is 2. The molecule has 0 aromatic heterocycles. The lowest BCUT2D eigenvalue weighted by molar-refractivity contribution is -0.0453. The Morgan fingerprint density at radius 1 is 1.31 bits per heavy atom. The summed E-state index contributed by atoms with van der Waals surface area (Å²) in [7, 11) is 2.22. The van der Waals surface area contributed by atoms with Gasteiger partial charge in [0, 0.05) is 22.9 Å². The van der Waals surface area contributed by atoms with Gasteiger partial charge < -0.3 is 25.0 Å². The van der Waals surface area contributed by atoms with Gasteiger partial charge in [0.2, 0.25) is 0 Å². The highest BCUT2D eigenvalue weighted by molar-refractivity contribution is 5.85. The minimum absolute atomic E-state index is 0. The fourth-order valence-corrected chi connectivity index (χ4v) is 5.50. The summed E-state index contributed by atoms with van der Waals surface area (Å²) >= 11 is 0. The minimum atomic E-state index is -0.539. The predicted octanol–water partition coefficient (Wildman–Crippen LogP) is 1.91. The molecule has 5 rings (SSSR count). The molecular formula is C19H27Cl2NO4. The largest absolute Gasteiger partial charge is 0.490 e. The van der Waals surface area contributed by atoms with Crippen LogP contribution in [0.4, 0.5) is 0 Å². The zero-order valence-corrected chi connectivity index (χ0v) is 16.6. The van der Waals surface area contributed by atoms with Crippen molar-refractivity contribution in [3.63, 3.8) is 0 Å². The molecule has 1 aromatic rings. The maximum atomic E-state index is 10.6. The molecule has 2 aliphatic heterocycles. The molecule has 2 bridgehead atoms. The number of nitrogens with zero attached hydrogens (tertiary/aromatic N) is 1. The Hall–Kier alpha value is -0.980. The van der Waals surface area contributed by atoms with Gasteiger partial charge in [-0.1, -0.05) is 18.2 Å². The number of hydrogen-bond acceptors (Lipinski definition) is 4. The van der Waals surface area contributed by atoms with Crippen molar-refractivity contribution in [1.29, 1.82) is 0 Å². The highest BCUT2D eigenvalue weighted by atomic mass is 35.5. The lowest BCUT2D eigenvalue weighted by Gasteiger charge is -2.56. The number of benzene rings is 1. The Balaban J connectivity index is 0.000000810. The quantitative estimate of drug-likeness (QED) is 0.765. The van der Waals surface area contributed by atoms with E-state index in [9.17, 15) is 5.11 Å². The Labute approximate surface area is 166 Å². The number of likely N-dealkylation sites (tertiary alicyclic amines) is 1. The second kappa shape index (κ2) is 7.21. The standard InChI is InChI=1S/C19H23NO3.2ClH.H2O/c1-3-22-15-7-4-11-10-13-12-5-6-14(21)18-19(12,8-9-20(13)2)16(11)17(15)23-18;;;/h4-7,12-14,18,21H,3,8-10H2,1-2H3;2*1H;1H2/t12-,13+,14-,18-,19-;;;/m0.../s1. The summed E-state index contributed by atoms with van der Waals surface area (Å²) in [5, 5.41) is 10.6. The molecule has 1 aromatic carbocycles. The summed E-state index contributed by atoms with van der Waals surface area (Å²) in [6.07, 6.45) is 5.56. The number of piperidine rings is 1. The van der Waals surface area contributed by atoms with Crippen LogP contribution in [-0.4, -0.2) is 53.9 Å². The van der Waals surface area contributed by atoms with E-state index < -0.39 is 6.10 Å². The van der Waals surface area contributed by atoms with Gasteiger partial charge >= 0.3 is 0 Å². The van der Waals surface area contributed by atoms with Crippen LogP contribution >= 0.6 is 24.8 Å². The molecule has 2 aliphatic carbocycles. The highest BCUT2D eigenvalue weighted by Gasteiger charge is 2.64. The van der Waals surface area contributed by atoms with Crippen molar-refractivity contribution in [2.24, 2.45) is 5.92 Å². The Morgan fingerprint density at radius 2 is 2.08 bits per heavy atom. The van der Waals surface area contributed by atoms with Gasteiger partial charge in [0.1, 0.15) is 12.2 Å². The number of aliphatic hydroxyl groups is 1. The van der Waals surface area contributed by atoms with Crippen LogP contribution in [-0.2, 0) is 11.8 Å². The van der Waals surface area contributed by atoms with Crippen LogP contribution in [0.1, 0.15) is 24.5 Å². The van der Waals surface area contributed by atoms with Crippen LogP contribution in [0, 0.1) is 5.92 Å². The van der Waals surface area contributed by atoms with Crippen molar-refractivity contribution in [2.75, 3.05) is 20.2 Å². The van der Waals surface area contributed by atoms with Gasteiger partial charge in [-0.3, -0.25) is 0 Å². The first kappa shape index (κ1) is 21.3. The monoisotopic (exact) mass is 403 g/mol. The zero-order chi connectivity index (χ0) is 15.8. The van der Waals surface area contributed by atoms with Gasteiger partial charge in [0.05, 0.1) is 6.61 Å². The molecule has 5 nitrogen and oxygen atoms in total. The third kappa shape index (κ3) is 2.41. The number of aliphatic hydroxyl groups excluding tert-OH is 1. The molecule has 146 valence electrons. The fourth-order valence-electron chi connectivity index (χ4n) is 5.50. The van der Waals surface area contributed by atoms with E-state index in [0.717, 1.165) is 30.9 Å². The van der Waals surface area contributed by atoms with Gasteiger partial charge in [-0.2, -0.15) is 0 Å². The second-order valence-electron chi connectivity index (χ2n) is 7.34. The molecule has 5 atom stereocenters. The third-order valence-electron chi connectivity index (χ3n) is 6.43. The first-order chi connectivity index (χ1) is 11.2. The van der Waals surface area contributed by atoms with Crippen molar-refractivity contribution in [1.82, 2.24) is 4.90 Å². The van der Waals surface area contributed by atoms with Crippen LogP contribution in [0.25, 0.3) is 0 Å². The fraction of sp³-hybridized carbons (Fsp3) is 0.579. The van der Waals surface area contributed by atoms with Crippen molar-refractivity contribution < 1.29 is 20.1 Å². The molecule has 7 heteroatoms. The smallest absolute Gasteiger partial charge is 0.165 e. The molecule has 4 aliphatic rings. The summed E-state index contributed by atoms with van der Waals surface area (Å²) in [6, 6.07) is 4.75. The highest BCUT2D eigenvalue weighted by Crippen LogP contribution is 2.62. The van der Waals surface area contributed by atoms with Crippen molar-refractivity contribution >= 4 is 24.8 Å². The Bertz CT molecular complexity index is 713. The number of halogens is 2. The average molecular weight is 404 g/mol. The summed E-state index contributed by atoms with van der Waals surface area (Å²) in [5.74, 6) is 2.14. The second-order valence-corrected chi connectivity index (χ2v) is 7.34. The maximum absolute atomic E-state index is 10.6. The lowest BCUT2D eigenvalue weighted by atomic mass is 9.53. The van der Waals surface area contributed by atoms with E-state index in [1.807, 2.05) is 19.1 Å². The summed E-state index contributed by atoms with van der Waals surface area (Å²) in [4.78, 5) is 2.48. The molecular weight excluding hydrogens is 377 g/mol. The molecule has 0 unspecified atom stereocenters. The molecule has 0 amide bonds.